The number of hydrogen-bond acceptors (Lipinski definition) is 8. The molecule has 0 spiro atoms. The first-order chi connectivity index (χ1) is 24.1. The molecule has 1 atom stereocenters. The number of benzene rings is 2. The molecule has 1 N–H and O–H groups in total. The minimum absolute atomic E-state index is 0.00552. The molecule has 0 radical (unpaired) electrons. The van der Waals surface area contributed by atoms with Crippen LogP contribution in [0.25, 0.3) is 11.1 Å². The summed E-state index contributed by atoms with van der Waals surface area (Å²) in [5.74, 6) is -1.47. The fraction of sp³-hybridized carbons (Fsp3) is 0.487. The van der Waals surface area contributed by atoms with E-state index in [-0.39, 0.29) is 59.8 Å². The zero-order valence-electron chi connectivity index (χ0n) is 30.4. The second-order valence-corrected chi connectivity index (χ2v) is 15.0. The van der Waals surface area contributed by atoms with Crippen molar-refractivity contribution < 1.29 is 32.9 Å². The Labute approximate surface area is 305 Å². The normalized spacial score (nSPS) is 16.8. The Kier molecular flexibility index (Phi) is 13.3. The van der Waals surface area contributed by atoms with Gasteiger partial charge in [0.25, 0.3) is 5.88 Å². The Morgan fingerprint density at radius 3 is 2.27 bits per heavy atom. The number of amides is 2. The zero-order chi connectivity index (χ0) is 37.3. The van der Waals surface area contributed by atoms with Gasteiger partial charge >= 0.3 is 12.2 Å². The van der Waals surface area contributed by atoms with Crippen LogP contribution in [0.2, 0.25) is 5.02 Å². The third-order valence-corrected chi connectivity index (χ3v) is 8.69. The molecule has 51 heavy (non-hydrogen) atoms. The van der Waals surface area contributed by atoms with Gasteiger partial charge in [-0.3, -0.25) is 0 Å². The largest absolute Gasteiger partial charge is 0.473 e. The molecular formula is C39H48ClFN4O6. The minimum Gasteiger partial charge on any atom is -0.473 e. The number of aromatic nitrogens is 1. The molecule has 0 saturated heterocycles. The number of nitrogens with one attached hydrogen (secondary N) is 1. The molecule has 3 aromatic rings. The topological polar surface area (TPSA) is 123 Å². The van der Waals surface area contributed by atoms with Crippen molar-refractivity contribution in [2.75, 3.05) is 26.9 Å². The fourth-order valence-electron chi connectivity index (χ4n) is 6.08. The van der Waals surface area contributed by atoms with Crippen molar-refractivity contribution in [3.63, 3.8) is 0 Å². The van der Waals surface area contributed by atoms with Crippen LogP contribution in [0, 0.1) is 17.1 Å². The maximum atomic E-state index is 16.0. The number of ether oxygens (including phenoxy) is 4. The highest BCUT2D eigenvalue weighted by Crippen LogP contribution is 2.39. The number of pyridine rings is 1. The number of rotatable bonds is 11. The maximum absolute atomic E-state index is 16.0. The summed E-state index contributed by atoms with van der Waals surface area (Å²) in [6, 6.07) is 16.7. The van der Waals surface area contributed by atoms with E-state index >= 15 is 4.39 Å². The molecule has 1 aromatic heterocycles. The Balaban J connectivity index is 1.72. The van der Waals surface area contributed by atoms with Crippen molar-refractivity contribution in [3.8, 4) is 23.1 Å². The lowest BCUT2D eigenvalue weighted by molar-refractivity contribution is 0.00941. The van der Waals surface area contributed by atoms with E-state index in [1.807, 2.05) is 84.0 Å². The molecule has 1 aliphatic rings. The van der Waals surface area contributed by atoms with Crippen LogP contribution in [0.1, 0.15) is 89.8 Å². The van der Waals surface area contributed by atoms with E-state index in [1.165, 1.54) is 13.3 Å². The smallest absolute Gasteiger partial charge is 0.410 e. The van der Waals surface area contributed by atoms with Crippen LogP contribution in [-0.4, -0.2) is 72.2 Å². The maximum Gasteiger partial charge on any atom is 0.410 e. The Morgan fingerprint density at radius 2 is 1.67 bits per heavy atom. The van der Waals surface area contributed by atoms with Crippen LogP contribution < -0.4 is 10.1 Å². The van der Waals surface area contributed by atoms with Gasteiger partial charge in [-0.2, -0.15) is 5.26 Å². The molecule has 1 unspecified atom stereocenters. The van der Waals surface area contributed by atoms with Crippen molar-refractivity contribution in [3.05, 3.63) is 82.3 Å². The number of carbonyl (C=O) groups is 2. The molecule has 1 aliphatic carbocycles. The molecule has 2 amide bonds. The Bertz CT molecular complexity index is 1690. The minimum atomic E-state index is -0.812. The summed E-state index contributed by atoms with van der Waals surface area (Å²) in [5, 5.41) is 13.1. The SMILES string of the molecule is COCCOc1ncc(C#N)c(-c2cc(C(CN(C(=O)OC(C)(C)C)C3CCC(NC(=O)OC(C)(C)C)CC3)c3ccccc3)ccc2Cl)c1F. The van der Waals surface area contributed by atoms with Gasteiger partial charge in [-0.25, -0.2) is 19.0 Å². The van der Waals surface area contributed by atoms with Gasteiger partial charge in [-0.05, 0) is 90.5 Å². The van der Waals surface area contributed by atoms with Gasteiger partial charge in [-0.1, -0.05) is 48.0 Å². The summed E-state index contributed by atoms with van der Waals surface area (Å²) in [5.41, 5.74) is 0.571. The molecule has 4 rings (SSSR count). The summed E-state index contributed by atoms with van der Waals surface area (Å²) < 4.78 is 38.0. The molecule has 0 bridgehead atoms. The van der Waals surface area contributed by atoms with Crippen molar-refractivity contribution in [1.82, 2.24) is 15.2 Å². The van der Waals surface area contributed by atoms with Gasteiger partial charge in [-0.15, -0.1) is 0 Å². The van der Waals surface area contributed by atoms with E-state index in [4.69, 9.17) is 30.5 Å². The monoisotopic (exact) mass is 722 g/mol. The fourth-order valence-corrected chi connectivity index (χ4v) is 6.29. The summed E-state index contributed by atoms with van der Waals surface area (Å²) in [6.45, 7) is 11.5. The molecule has 1 heterocycles. The van der Waals surface area contributed by atoms with Gasteiger partial charge in [0.1, 0.15) is 23.9 Å². The number of nitriles is 1. The predicted octanol–water partition coefficient (Wildman–Crippen LogP) is 8.64. The number of nitrogens with zero attached hydrogens (tertiary/aromatic N) is 3. The van der Waals surface area contributed by atoms with Crippen LogP contribution in [-0.2, 0) is 14.2 Å². The van der Waals surface area contributed by atoms with Crippen LogP contribution in [0.5, 0.6) is 5.88 Å². The van der Waals surface area contributed by atoms with E-state index in [2.05, 4.69) is 10.3 Å². The Hall–Kier alpha value is -4.40. The van der Waals surface area contributed by atoms with Crippen LogP contribution >= 0.6 is 11.6 Å². The van der Waals surface area contributed by atoms with Crippen molar-refractivity contribution in [2.45, 2.75) is 96.4 Å². The molecule has 1 fully saturated rings. The van der Waals surface area contributed by atoms with Crippen molar-refractivity contribution in [1.29, 1.82) is 5.26 Å². The lowest BCUT2D eigenvalue weighted by Gasteiger charge is -2.39. The van der Waals surface area contributed by atoms with Crippen LogP contribution in [0.3, 0.4) is 0 Å². The third-order valence-electron chi connectivity index (χ3n) is 8.36. The first-order valence-corrected chi connectivity index (χ1v) is 17.5. The third kappa shape index (κ3) is 11.0. The van der Waals surface area contributed by atoms with Crippen molar-refractivity contribution in [2.24, 2.45) is 0 Å². The number of halogens is 2. The summed E-state index contributed by atoms with van der Waals surface area (Å²) in [4.78, 5) is 32.2. The van der Waals surface area contributed by atoms with Crippen LogP contribution in [0.4, 0.5) is 14.0 Å². The van der Waals surface area contributed by atoms with E-state index in [0.29, 0.717) is 31.2 Å². The van der Waals surface area contributed by atoms with Crippen molar-refractivity contribution >= 4 is 23.8 Å². The highest BCUT2D eigenvalue weighted by molar-refractivity contribution is 6.33. The summed E-state index contributed by atoms with van der Waals surface area (Å²) >= 11 is 6.72. The van der Waals surface area contributed by atoms with E-state index in [9.17, 15) is 14.9 Å². The molecular weight excluding hydrogens is 675 g/mol. The Morgan fingerprint density at radius 1 is 1.00 bits per heavy atom. The van der Waals surface area contributed by atoms with Gasteiger partial charge in [0.05, 0.1) is 12.2 Å². The average molecular weight is 723 g/mol. The number of carbonyl (C=O) groups excluding carboxylic acids is 2. The number of alkyl carbamates (subject to hydrolysis) is 1. The molecule has 10 nitrogen and oxygen atoms in total. The molecule has 1 saturated carbocycles. The standard InChI is InChI=1S/C39H48ClFN4O6/c1-38(2,3)50-36(46)44-28-14-16-29(17-15-28)45(37(47)51-39(4,5)6)24-31(25-11-9-8-10-12-25)26-13-18-32(40)30(21-26)33-27(22-42)23-43-35(34(33)41)49-20-19-48-7/h8-13,18,21,23,28-29,31H,14-17,19-20,24H2,1-7H3,(H,44,46). The first kappa shape index (κ1) is 39.4. The quantitative estimate of drug-likeness (QED) is 0.195. The lowest BCUT2D eigenvalue weighted by Crippen LogP contribution is -2.49. The number of methoxy groups -OCH3 is 1. The van der Waals surface area contributed by atoms with E-state index in [1.54, 1.807) is 17.0 Å². The average Bonchev–Trinajstić information content (AvgIpc) is 3.06. The highest BCUT2D eigenvalue weighted by atomic mass is 35.5. The molecule has 2 aromatic carbocycles. The summed E-state index contributed by atoms with van der Waals surface area (Å²) in [7, 11) is 1.50. The van der Waals surface area contributed by atoms with Gasteiger partial charge in [0, 0.05) is 54.0 Å². The molecule has 0 aliphatic heterocycles. The molecule has 12 heteroatoms. The predicted molar refractivity (Wildman–Crippen MR) is 193 cm³/mol. The van der Waals surface area contributed by atoms with E-state index < -0.39 is 29.2 Å². The highest BCUT2D eigenvalue weighted by Gasteiger charge is 2.35. The number of hydrogen-bond donors (Lipinski definition) is 1. The zero-order valence-corrected chi connectivity index (χ0v) is 31.2. The van der Waals surface area contributed by atoms with E-state index in [0.717, 1.165) is 11.1 Å². The first-order valence-electron chi connectivity index (χ1n) is 17.1. The second-order valence-electron chi connectivity index (χ2n) is 14.6. The van der Waals surface area contributed by atoms with Gasteiger partial charge in [0.2, 0.25) is 0 Å². The molecule has 274 valence electrons. The van der Waals surface area contributed by atoms with Gasteiger partial charge < -0.3 is 29.2 Å². The lowest BCUT2D eigenvalue weighted by atomic mass is 9.86. The summed E-state index contributed by atoms with van der Waals surface area (Å²) in [6.07, 6.45) is 2.91. The second kappa shape index (κ2) is 17.2. The van der Waals surface area contributed by atoms with Crippen LogP contribution in [0.15, 0.2) is 54.7 Å². The van der Waals surface area contributed by atoms with Gasteiger partial charge in [0.15, 0.2) is 5.82 Å².